The molecule has 98 valence electrons. The van der Waals surface area contributed by atoms with Gasteiger partial charge in [0.25, 0.3) is 0 Å². The third-order valence-electron chi connectivity index (χ3n) is 3.70. The maximum Gasteiger partial charge on any atom is 0.328 e. The lowest BCUT2D eigenvalue weighted by molar-refractivity contribution is -0.151. The first-order valence-electron chi connectivity index (χ1n) is 5.75. The summed E-state index contributed by atoms with van der Waals surface area (Å²) in [5, 5.41) is 3.28. The van der Waals surface area contributed by atoms with Crippen LogP contribution in [0.3, 0.4) is 0 Å². The lowest BCUT2D eigenvalue weighted by atomic mass is 9.96. The van der Waals surface area contributed by atoms with Crippen LogP contribution in [0.1, 0.15) is 26.2 Å². The number of methoxy groups -OCH3 is 1. The van der Waals surface area contributed by atoms with Crippen molar-refractivity contribution < 1.29 is 14.3 Å². The minimum Gasteiger partial charge on any atom is -0.467 e. The van der Waals surface area contributed by atoms with Crippen LogP contribution in [-0.2, 0) is 14.3 Å². The van der Waals surface area contributed by atoms with Gasteiger partial charge in [-0.2, -0.15) is 0 Å². The standard InChI is InChI=1S/C11H18N2O3.ClH/c1-8(9(14)16-2)13-7-5-11(10(13)15)4-3-6-12-11;/h8,12H,3-7H2,1-2H3;1H/t8-,11-;/m0./s1. The van der Waals surface area contributed by atoms with Gasteiger partial charge in [0, 0.05) is 6.54 Å². The van der Waals surface area contributed by atoms with Crippen LogP contribution in [0.4, 0.5) is 0 Å². The quantitative estimate of drug-likeness (QED) is 0.729. The monoisotopic (exact) mass is 262 g/mol. The van der Waals surface area contributed by atoms with E-state index in [0.29, 0.717) is 6.54 Å². The molecule has 1 spiro atoms. The van der Waals surface area contributed by atoms with Crippen LogP contribution in [0.5, 0.6) is 0 Å². The molecule has 2 rings (SSSR count). The second kappa shape index (κ2) is 5.23. The van der Waals surface area contributed by atoms with Gasteiger partial charge in [-0.05, 0) is 32.7 Å². The van der Waals surface area contributed by atoms with Crippen LogP contribution in [0.15, 0.2) is 0 Å². The number of likely N-dealkylation sites (tertiary alicyclic amines) is 1. The molecule has 0 unspecified atom stereocenters. The molecule has 2 fully saturated rings. The number of nitrogens with zero attached hydrogens (tertiary/aromatic N) is 1. The number of carbonyl (C=O) groups is 2. The number of esters is 1. The first kappa shape index (κ1) is 14.3. The van der Waals surface area contributed by atoms with Crippen LogP contribution >= 0.6 is 12.4 Å². The molecule has 0 aromatic heterocycles. The number of hydrogen-bond acceptors (Lipinski definition) is 4. The van der Waals surface area contributed by atoms with E-state index >= 15 is 0 Å². The summed E-state index contributed by atoms with van der Waals surface area (Å²) in [5.41, 5.74) is -0.387. The predicted molar refractivity (Wildman–Crippen MR) is 65.0 cm³/mol. The normalized spacial score (nSPS) is 29.3. The van der Waals surface area contributed by atoms with Crippen LogP contribution in [-0.4, -0.2) is 48.6 Å². The molecular formula is C11H19ClN2O3. The molecule has 17 heavy (non-hydrogen) atoms. The Labute approximate surface area is 107 Å². The topological polar surface area (TPSA) is 58.6 Å². The van der Waals surface area contributed by atoms with E-state index in [9.17, 15) is 9.59 Å². The molecule has 0 aromatic rings. The molecule has 0 aliphatic carbocycles. The third kappa shape index (κ3) is 2.26. The maximum absolute atomic E-state index is 12.2. The number of amides is 1. The molecule has 0 aromatic carbocycles. The molecule has 0 bridgehead atoms. The molecule has 6 heteroatoms. The lowest BCUT2D eigenvalue weighted by Crippen LogP contribution is -2.50. The Balaban J connectivity index is 0.00000144. The fourth-order valence-electron chi connectivity index (χ4n) is 2.66. The van der Waals surface area contributed by atoms with Crippen molar-refractivity contribution in [3.63, 3.8) is 0 Å². The Bertz CT molecular complexity index is 316. The molecule has 1 N–H and O–H groups in total. The van der Waals surface area contributed by atoms with E-state index in [1.165, 1.54) is 7.11 Å². The van der Waals surface area contributed by atoms with Crippen molar-refractivity contribution in [1.29, 1.82) is 0 Å². The van der Waals surface area contributed by atoms with E-state index in [1.54, 1.807) is 11.8 Å². The Morgan fingerprint density at radius 2 is 2.24 bits per heavy atom. The van der Waals surface area contributed by atoms with Gasteiger partial charge < -0.3 is 15.0 Å². The highest BCUT2D eigenvalue weighted by Gasteiger charge is 2.50. The third-order valence-corrected chi connectivity index (χ3v) is 3.70. The van der Waals surface area contributed by atoms with Gasteiger partial charge in [0.2, 0.25) is 5.91 Å². The number of rotatable bonds is 2. The van der Waals surface area contributed by atoms with Gasteiger partial charge in [0.15, 0.2) is 0 Å². The van der Waals surface area contributed by atoms with Crippen LogP contribution in [0.2, 0.25) is 0 Å². The maximum atomic E-state index is 12.2. The largest absolute Gasteiger partial charge is 0.467 e. The second-order valence-corrected chi connectivity index (χ2v) is 4.56. The molecule has 2 heterocycles. The Hall–Kier alpha value is -0.810. The summed E-state index contributed by atoms with van der Waals surface area (Å²) < 4.78 is 4.67. The number of halogens is 1. The van der Waals surface area contributed by atoms with Gasteiger partial charge in [-0.1, -0.05) is 0 Å². The zero-order valence-electron chi connectivity index (χ0n) is 10.2. The van der Waals surface area contributed by atoms with E-state index in [0.717, 1.165) is 25.8 Å². The second-order valence-electron chi connectivity index (χ2n) is 4.56. The fourth-order valence-corrected chi connectivity index (χ4v) is 2.66. The molecule has 2 saturated heterocycles. The Kier molecular flexibility index (Phi) is 4.38. The zero-order valence-corrected chi connectivity index (χ0v) is 11.0. The van der Waals surface area contributed by atoms with Gasteiger partial charge in [0.05, 0.1) is 12.6 Å². The Morgan fingerprint density at radius 1 is 1.53 bits per heavy atom. The van der Waals surface area contributed by atoms with Crippen LogP contribution < -0.4 is 5.32 Å². The summed E-state index contributed by atoms with van der Waals surface area (Å²) in [5.74, 6) is -0.286. The van der Waals surface area contributed by atoms with E-state index in [1.807, 2.05) is 0 Å². The van der Waals surface area contributed by atoms with Crippen molar-refractivity contribution in [2.45, 2.75) is 37.8 Å². The van der Waals surface area contributed by atoms with Crippen molar-refractivity contribution >= 4 is 24.3 Å². The SMILES string of the molecule is COC(=O)[C@H](C)N1CC[C@@]2(CCCN2)C1=O.Cl. The van der Waals surface area contributed by atoms with E-state index in [-0.39, 0.29) is 29.8 Å². The molecule has 2 atom stereocenters. The van der Waals surface area contributed by atoms with Crippen molar-refractivity contribution in [2.24, 2.45) is 0 Å². The van der Waals surface area contributed by atoms with Gasteiger partial charge in [0.1, 0.15) is 6.04 Å². The van der Waals surface area contributed by atoms with Gasteiger partial charge in [-0.3, -0.25) is 4.79 Å². The number of hydrogen-bond donors (Lipinski definition) is 1. The summed E-state index contributed by atoms with van der Waals surface area (Å²) in [7, 11) is 1.35. The summed E-state index contributed by atoms with van der Waals surface area (Å²) in [6, 6.07) is -0.473. The van der Waals surface area contributed by atoms with E-state index < -0.39 is 6.04 Å². The van der Waals surface area contributed by atoms with E-state index in [2.05, 4.69) is 10.1 Å². The van der Waals surface area contributed by atoms with Crippen molar-refractivity contribution in [3.8, 4) is 0 Å². The fraction of sp³-hybridized carbons (Fsp3) is 0.818. The zero-order chi connectivity index (χ0) is 11.8. The summed E-state index contributed by atoms with van der Waals surface area (Å²) in [4.78, 5) is 25.3. The number of nitrogens with one attached hydrogen (secondary N) is 1. The highest BCUT2D eigenvalue weighted by molar-refractivity contribution is 5.92. The highest BCUT2D eigenvalue weighted by atomic mass is 35.5. The highest BCUT2D eigenvalue weighted by Crippen LogP contribution is 2.32. The summed E-state index contributed by atoms with van der Waals surface area (Å²) in [6.07, 6.45) is 2.72. The lowest BCUT2D eigenvalue weighted by Gasteiger charge is -2.26. The molecule has 0 saturated carbocycles. The van der Waals surface area contributed by atoms with E-state index in [4.69, 9.17) is 0 Å². The van der Waals surface area contributed by atoms with Gasteiger partial charge >= 0.3 is 5.97 Å². The van der Waals surface area contributed by atoms with Crippen molar-refractivity contribution in [3.05, 3.63) is 0 Å². The van der Waals surface area contributed by atoms with Crippen molar-refractivity contribution in [2.75, 3.05) is 20.2 Å². The molecule has 2 aliphatic heterocycles. The van der Waals surface area contributed by atoms with Gasteiger partial charge in [-0.25, -0.2) is 4.79 Å². The van der Waals surface area contributed by atoms with Crippen LogP contribution in [0.25, 0.3) is 0 Å². The average molecular weight is 263 g/mol. The minimum atomic E-state index is -0.473. The molecule has 5 nitrogen and oxygen atoms in total. The van der Waals surface area contributed by atoms with Gasteiger partial charge in [-0.15, -0.1) is 12.4 Å². The number of carbonyl (C=O) groups excluding carboxylic acids is 2. The Morgan fingerprint density at radius 3 is 2.76 bits per heavy atom. The average Bonchev–Trinajstić information content (AvgIpc) is 2.88. The van der Waals surface area contributed by atoms with Crippen molar-refractivity contribution in [1.82, 2.24) is 10.2 Å². The molecule has 0 radical (unpaired) electrons. The molecule has 1 amide bonds. The summed E-state index contributed by atoms with van der Waals surface area (Å²) in [6.45, 7) is 3.26. The first-order chi connectivity index (χ1) is 7.60. The number of ether oxygens (including phenoxy) is 1. The summed E-state index contributed by atoms with van der Waals surface area (Å²) >= 11 is 0. The smallest absolute Gasteiger partial charge is 0.328 e. The minimum absolute atomic E-state index is 0. The predicted octanol–water partition coefficient (Wildman–Crippen LogP) is 0.324. The first-order valence-corrected chi connectivity index (χ1v) is 5.75. The molecule has 2 aliphatic rings. The molecular weight excluding hydrogens is 244 g/mol. The van der Waals surface area contributed by atoms with Crippen LogP contribution in [0, 0.1) is 0 Å².